The number of rotatable bonds is 4. The molecule has 2 rings (SSSR count). The molecule has 0 radical (unpaired) electrons. The van der Waals surface area contributed by atoms with Crippen LogP contribution in [0.3, 0.4) is 0 Å². The molecule has 16 heavy (non-hydrogen) atoms. The van der Waals surface area contributed by atoms with Crippen molar-refractivity contribution in [2.24, 2.45) is 0 Å². The zero-order chi connectivity index (χ0) is 11.4. The molecule has 3 heteroatoms. The summed E-state index contributed by atoms with van der Waals surface area (Å²) in [6.07, 6.45) is 6.93. The highest BCUT2D eigenvalue weighted by atomic mass is 16.5. The molecule has 0 amide bonds. The maximum atomic E-state index is 5.39. The van der Waals surface area contributed by atoms with Gasteiger partial charge in [-0.05, 0) is 44.7 Å². The molecule has 1 heterocycles. The van der Waals surface area contributed by atoms with Gasteiger partial charge in [0.15, 0.2) is 0 Å². The largest absolute Gasteiger partial charge is 0.468 e. The van der Waals surface area contributed by atoms with Crippen LogP contribution in [0.2, 0.25) is 0 Å². The van der Waals surface area contributed by atoms with E-state index in [1.54, 1.807) is 6.26 Å². The number of furan rings is 1. The van der Waals surface area contributed by atoms with E-state index in [1.807, 2.05) is 19.2 Å². The summed E-state index contributed by atoms with van der Waals surface area (Å²) in [6.45, 7) is 2.15. The van der Waals surface area contributed by atoms with E-state index >= 15 is 0 Å². The van der Waals surface area contributed by atoms with Crippen molar-refractivity contribution < 1.29 is 9.15 Å². The highest BCUT2D eigenvalue weighted by molar-refractivity contribution is 5.03. The van der Waals surface area contributed by atoms with E-state index in [0.717, 1.165) is 5.76 Å². The maximum absolute atomic E-state index is 5.39. The van der Waals surface area contributed by atoms with Gasteiger partial charge in [0.1, 0.15) is 5.76 Å². The van der Waals surface area contributed by atoms with Gasteiger partial charge in [-0.1, -0.05) is 0 Å². The molecule has 90 valence electrons. The van der Waals surface area contributed by atoms with E-state index in [0.29, 0.717) is 18.2 Å². The first-order valence-electron chi connectivity index (χ1n) is 6.12. The van der Waals surface area contributed by atoms with Crippen molar-refractivity contribution in [2.75, 3.05) is 7.11 Å². The number of ether oxygens (including phenoxy) is 1. The molecular formula is C13H21NO2. The van der Waals surface area contributed by atoms with Crippen LogP contribution in [-0.2, 0) is 4.74 Å². The lowest BCUT2D eigenvalue weighted by molar-refractivity contribution is 0.0610. The van der Waals surface area contributed by atoms with E-state index < -0.39 is 0 Å². The van der Waals surface area contributed by atoms with E-state index in [-0.39, 0.29) is 0 Å². The summed E-state index contributed by atoms with van der Waals surface area (Å²) >= 11 is 0. The molecule has 1 atom stereocenters. The first-order valence-corrected chi connectivity index (χ1v) is 6.12. The van der Waals surface area contributed by atoms with E-state index in [1.165, 1.54) is 25.7 Å². The second-order valence-electron chi connectivity index (χ2n) is 4.61. The molecule has 1 N–H and O–H groups in total. The fraction of sp³-hybridized carbons (Fsp3) is 0.692. The molecule has 0 saturated heterocycles. The van der Waals surface area contributed by atoms with Crippen LogP contribution < -0.4 is 5.32 Å². The average Bonchev–Trinajstić information content (AvgIpc) is 2.83. The highest BCUT2D eigenvalue weighted by Gasteiger charge is 2.22. The van der Waals surface area contributed by atoms with Crippen LogP contribution in [0, 0.1) is 0 Å². The third-order valence-electron chi connectivity index (χ3n) is 3.46. The topological polar surface area (TPSA) is 34.4 Å². The van der Waals surface area contributed by atoms with Crippen LogP contribution in [0.5, 0.6) is 0 Å². The number of nitrogens with one attached hydrogen (secondary N) is 1. The van der Waals surface area contributed by atoms with Crippen molar-refractivity contribution in [3.05, 3.63) is 24.2 Å². The molecule has 1 fully saturated rings. The van der Waals surface area contributed by atoms with Gasteiger partial charge < -0.3 is 14.5 Å². The summed E-state index contributed by atoms with van der Waals surface area (Å²) in [5.41, 5.74) is 0. The molecule has 3 nitrogen and oxygen atoms in total. The van der Waals surface area contributed by atoms with E-state index in [9.17, 15) is 0 Å². The van der Waals surface area contributed by atoms with Crippen molar-refractivity contribution in [2.45, 2.75) is 50.8 Å². The van der Waals surface area contributed by atoms with Gasteiger partial charge in [0.2, 0.25) is 0 Å². The standard InChI is InChI=1S/C13H21NO2/c1-10(13-4-3-9-16-13)14-11-5-7-12(15-2)8-6-11/h3-4,9-12,14H,5-8H2,1-2H3/t10-,11?,12?/m1/s1. The van der Waals surface area contributed by atoms with Gasteiger partial charge in [-0.15, -0.1) is 0 Å². The fourth-order valence-corrected chi connectivity index (χ4v) is 2.44. The average molecular weight is 223 g/mol. The van der Waals surface area contributed by atoms with Crippen molar-refractivity contribution >= 4 is 0 Å². The van der Waals surface area contributed by atoms with Crippen LogP contribution >= 0.6 is 0 Å². The van der Waals surface area contributed by atoms with Gasteiger partial charge in [-0.2, -0.15) is 0 Å². The van der Waals surface area contributed by atoms with Crippen LogP contribution in [-0.4, -0.2) is 19.3 Å². The molecule has 1 aromatic rings. The predicted octanol–water partition coefficient (Wildman–Crippen LogP) is 2.89. The van der Waals surface area contributed by atoms with Crippen LogP contribution in [0.1, 0.15) is 44.4 Å². The van der Waals surface area contributed by atoms with Gasteiger partial charge in [0.05, 0.1) is 18.4 Å². The Balaban J connectivity index is 1.78. The Morgan fingerprint density at radius 3 is 2.69 bits per heavy atom. The van der Waals surface area contributed by atoms with Gasteiger partial charge in [-0.25, -0.2) is 0 Å². The molecule has 0 aliphatic heterocycles. The minimum atomic E-state index is 0.305. The molecule has 0 unspecified atom stereocenters. The van der Waals surface area contributed by atoms with Crippen molar-refractivity contribution in [3.8, 4) is 0 Å². The van der Waals surface area contributed by atoms with Crippen molar-refractivity contribution in [3.63, 3.8) is 0 Å². The number of hydrogen-bond donors (Lipinski definition) is 1. The smallest absolute Gasteiger partial charge is 0.120 e. The molecule has 0 aromatic carbocycles. The minimum absolute atomic E-state index is 0.305. The first kappa shape index (κ1) is 11.7. The summed E-state index contributed by atoms with van der Waals surface area (Å²) in [4.78, 5) is 0. The Labute approximate surface area is 97.2 Å². The monoisotopic (exact) mass is 223 g/mol. The van der Waals surface area contributed by atoms with E-state index in [2.05, 4.69) is 12.2 Å². The van der Waals surface area contributed by atoms with Gasteiger partial charge in [0.25, 0.3) is 0 Å². The second kappa shape index (κ2) is 5.51. The Morgan fingerprint density at radius 1 is 1.38 bits per heavy atom. The lowest BCUT2D eigenvalue weighted by Gasteiger charge is -2.30. The molecule has 1 saturated carbocycles. The van der Waals surface area contributed by atoms with Gasteiger partial charge in [0, 0.05) is 13.2 Å². The maximum Gasteiger partial charge on any atom is 0.120 e. The lowest BCUT2D eigenvalue weighted by Crippen LogP contribution is -2.36. The zero-order valence-electron chi connectivity index (χ0n) is 10.1. The Morgan fingerprint density at radius 2 is 2.12 bits per heavy atom. The summed E-state index contributed by atoms with van der Waals surface area (Å²) in [5, 5.41) is 3.62. The van der Waals surface area contributed by atoms with Crippen LogP contribution in [0.15, 0.2) is 22.8 Å². The summed E-state index contributed by atoms with van der Waals surface area (Å²) in [6, 6.07) is 4.87. The number of hydrogen-bond acceptors (Lipinski definition) is 3. The van der Waals surface area contributed by atoms with E-state index in [4.69, 9.17) is 9.15 Å². The molecular weight excluding hydrogens is 202 g/mol. The minimum Gasteiger partial charge on any atom is -0.468 e. The highest BCUT2D eigenvalue weighted by Crippen LogP contribution is 2.23. The molecule has 1 aliphatic carbocycles. The lowest BCUT2D eigenvalue weighted by atomic mass is 9.92. The van der Waals surface area contributed by atoms with Crippen molar-refractivity contribution in [1.29, 1.82) is 0 Å². The van der Waals surface area contributed by atoms with Gasteiger partial charge in [-0.3, -0.25) is 0 Å². The quantitative estimate of drug-likeness (QED) is 0.852. The SMILES string of the molecule is COC1CCC(N[C@H](C)c2ccco2)CC1. The molecule has 1 aliphatic rings. The Bertz CT molecular complexity index is 289. The zero-order valence-corrected chi connectivity index (χ0v) is 10.1. The molecule has 0 bridgehead atoms. The van der Waals surface area contributed by atoms with Crippen LogP contribution in [0.25, 0.3) is 0 Å². The summed E-state index contributed by atoms with van der Waals surface area (Å²) < 4.78 is 10.8. The summed E-state index contributed by atoms with van der Waals surface area (Å²) in [5.74, 6) is 1.02. The van der Waals surface area contributed by atoms with Crippen molar-refractivity contribution in [1.82, 2.24) is 5.32 Å². The number of methoxy groups -OCH3 is 1. The second-order valence-corrected chi connectivity index (χ2v) is 4.61. The first-order chi connectivity index (χ1) is 7.79. The Kier molecular flexibility index (Phi) is 4.02. The summed E-state index contributed by atoms with van der Waals surface area (Å²) in [7, 11) is 1.81. The third-order valence-corrected chi connectivity index (χ3v) is 3.46. The predicted molar refractivity (Wildman–Crippen MR) is 63.3 cm³/mol. The fourth-order valence-electron chi connectivity index (χ4n) is 2.44. The molecule has 0 spiro atoms. The molecule has 1 aromatic heterocycles. The van der Waals surface area contributed by atoms with Gasteiger partial charge >= 0.3 is 0 Å². The normalized spacial score (nSPS) is 27.9. The van der Waals surface area contributed by atoms with Crippen LogP contribution in [0.4, 0.5) is 0 Å². The third kappa shape index (κ3) is 2.86. The Hall–Kier alpha value is -0.800.